The minimum Gasteiger partial charge on any atom is -0.493 e. The number of nitrogens with zero attached hydrogens (tertiary/aromatic N) is 4. The molecule has 2 aromatic rings. The molecule has 168 valence electrons. The molecular weight excluding hydrogens is 451 g/mol. The van der Waals surface area contributed by atoms with Crippen LogP contribution < -0.4 is 15.8 Å². The highest BCUT2D eigenvalue weighted by atomic mass is 35.5. The van der Waals surface area contributed by atoms with Crippen LogP contribution in [0, 0.1) is 11.3 Å². The summed E-state index contributed by atoms with van der Waals surface area (Å²) in [5.41, 5.74) is 8.61. The van der Waals surface area contributed by atoms with Crippen molar-refractivity contribution in [3.8, 4) is 23.1 Å². The van der Waals surface area contributed by atoms with Crippen molar-refractivity contribution in [2.45, 2.75) is 57.7 Å². The third-order valence-corrected chi connectivity index (χ3v) is 6.23. The first kappa shape index (κ1) is 22.4. The molecule has 1 fully saturated rings. The molecule has 8 nitrogen and oxygen atoms in total. The number of hydrogen-bond donors (Lipinski definition) is 2. The van der Waals surface area contributed by atoms with Gasteiger partial charge in [-0.2, -0.15) is 5.26 Å². The quantitative estimate of drug-likeness (QED) is 0.562. The van der Waals surface area contributed by atoms with Crippen molar-refractivity contribution in [1.29, 1.82) is 5.26 Å². The molecule has 1 aliphatic carbocycles. The molecule has 0 unspecified atom stereocenters. The van der Waals surface area contributed by atoms with Gasteiger partial charge in [0.05, 0.1) is 47.7 Å². The van der Waals surface area contributed by atoms with Gasteiger partial charge < -0.3 is 20.7 Å². The van der Waals surface area contributed by atoms with Crippen molar-refractivity contribution in [3.05, 3.63) is 33.4 Å². The van der Waals surface area contributed by atoms with Gasteiger partial charge >= 0.3 is 6.03 Å². The Labute approximate surface area is 196 Å². The van der Waals surface area contributed by atoms with Gasteiger partial charge in [0.15, 0.2) is 0 Å². The lowest BCUT2D eigenvalue weighted by Gasteiger charge is -2.28. The maximum Gasteiger partial charge on any atom is 0.318 e. The van der Waals surface area contributed by atoms with Crippen LogP contribution in [0.25, 0.3) is 11.3 Å². The first-order valence-corrected chi connectivity index (χ1v) is 11.4. The van der Waals surface area contributed by atoms with E-state index in [4.69, 9.17) is 38.9 Å². The SMILES string of the molecule is N#CCCCCOc1cc(Cl)cc(Cl)c1-c1nc(N)nc2c1CN(C(=O)NC1CCC1)C2. The van der Waals surface area contributed by atoms with Gasteiger partial charge in [-0.05, 0) is 44.2 Å². The molecule has 0 atom stereocenters. The smallest absolute Gasteiger partial charge is 0.318 e. The number of nitrogen functional groups attached to an aromatic ring is 1. The zero-order chi connectivity index (χ0) is 22.7. The Morgan fingerprint density at radius 1 is 1.28 bits per heavy atom. The predicted molar refractivity (Wildman–Crippen MR) is 122 cm³/mol. The second kappa shape index (κ2) is 9.80. The molecule has 4 rings (SSSR count). The Balaban J connectivity index is 1.62. The van der Waals surface area contributed by atoms with E-state index in [1.165, 1.54) is 0 Å². The number of nitrogens with one attached hydrogen (secondary N) is 1. The summed E-state index contributed by atoms with van der Waals surface area (Å²) in [6.07, 6.45) is 5.10. The number of aromatic nitrogens is 2. The molecule has 1 aliphatic heterocycles. The first-order valence-electron chi connectivity index (χ1n) is 10.7. The van der Waals surface area contributed by atoms with Gasteiger partial charge in [-0.15, -0.1) is 0 Å². The lowest BCUT2D eigenvalue weighted by Crippen LogP contribution is -2.45. The number of hydrogen-bond acceptors (Lipinski definition) is 6. The number of rotatable bonds is 7. The zero-order valence-corrected chi connectivity index (χ0v) is 19.0. The normalized spacial score (nSPS) is 15.1. The Morgan fingerprint density at radius 3 is 2.81 bits per heavy atom. The van der Waals surface area contributed by atoms with Crippen LogP contribution in [0.4, 0.5) is 10.7 Å². The molecule has 0 radical (unpaired) electrons. The molecule has 0 bridgehead atoms. The minimum absolute atomic E-state index is 0.103. The highest BCUT2D eigenvalue weighted by Gasteiger charge is 2.32. The number of carbonyl (C=O) groups excluding carboxylic acids is 1. The number of halogens is 2. The fourth-order valence-corrected chi connectivity index (χ4v) is 4.39. The second-order valence-electron chi connectivity index (χ2n) is 8.01. The van der Waals surface area contributed by atoms with Crippen molar-refractivity contribution < 1.29 is 9.53 Å². The van der Waals surface area contributed by atoms with E-state index < -0.39 is 0 Å². The van der Waals surface area contributed by atoms with Crippen LogP contribution in [0.5, 0.6) is 5.75 Å². The van der Waals surface area contributed by atoms with Crippen molar-refractivity contribution >= 4 is 35.2 Å². The molecular formula is C22H24Cl2N6O2. The lowest BCUT2D eigenvalue weighted by atomic mass is 9.93. The number of fused-ring (bicyclic) bond motifs is 1. The summed E-state index contributed by atoms with van der Waals surface area (Å²) < 4.78 is 5.98. The van der Waals surface area contributed by atoms with E-state index in [9.17, 15) is 4.79 Å². The van der Waals surface area contributed by atoms with Crippen LogP contribution >= 0.6 is 23.2 Å². The van der Waals surface area contributed by atoms with E-state index in [0.29, 0.717) is 58.9 Å². The number of amides is 2. The topological polar surface area (TPSA) is 117 Å². The molecule has 1 aromatic heterocycles. The second-order valence-corrected chi connectivity index (χ2v) is 8.86. The predicted octanol–water partition coefficient (Wildman–Crippen LogP) is 4.68. The van der Waals surface area contributed by atoms with Crippen molar-refractivity contribution in [2.24, 2.45) is 0 Å². The fourth-order valence-electron chi connectivity index (χ4n) is 3.82. The molecule has 10 heteroatoms. The number of urea groups is 1. The first-order chi connectivity index (χ1) is 15.5. The van der Waals surface area contributed by atoms with Crippen LogP contribution in [0.2, 0.25) is 10.0 Å². The van der Waals surface area contributed by atoms with E-state index in [1.54, 1.807) is 17.0 Å². The van der Waals surface area contributed by atoms with Gasteiger partial charge in [0.2, 0.25) is 5.95 Å². The summed E-state index contributed by atoms with van der Waals surface area (Å²) >= 11 is 12.8. The summed E-state index contributed by atoms with van der Waals surface area (Å²) in [5, 5.41) is 12.6. The number of unbranched alkanes of at least 4 members (excludes halogenated alkanes) is 2. The van der Waals surface area contributed by atoms with Crippen LogP contribution in [-0.4, -0.2) is 33.5 Å². The van der Waals surface area contributed by atoms with Gasteiger partial charge in [-0.1, -0.05) is 23.2 Å². The van der Waals surface area contributed by atoms with Crippen LogP contribution in [0.1, 0.15) is 49.8 Å². The van der Waals surface area contributed by atoms with Crippen molar-refractivity contribution in [2.75, 3.05) is 12.3 Å². The molecule has 32 heavy (non-hydrogen) atoms. The Kier molecular flexibility index (Phi) is 6.87. The number of anilines is 1. The van der Waals surface area contributed by atoms with Crippen LogP contribution in [0.3, 0.4) is 0 Å². The third kappa shape index (κ3) is 4.84. The van der Waals surface area contributed by atoms with Crippen molar-refractivity contribution in [3.63, 3.8) is 0 Å². The van der Waals surface area contributed by atoms with Crippen LogP contribution in [-0.2, 0) is 13.1 Å². The molecule has 2 aliphatic rings. The summed E-state index contributed by atoms with van der Waals surface area (Å²) in [4.78, 5) is 23.2. The van der Waals surface area contributed by atoms with E-state index in [2.05, 4.69) is 21.4 Å². The van der Waals surface area contributed by atoms with E-state index >= 15 is 0 Å². The number of nitrogens with two attached hydrogens (primary N) is 1. The fraction of sp³-hybridized carbons (Fsp3) is 0.455. The Bertz CT molecular complexity index is 1070. The average molecular weight is 475 g/mol. The van der Waals surface area contributed by atoms with Gasteiger partial charge in [0.25, 0.3) is 0 Å². The molecule has 1 saturated carbocycles. The number of benzene rings is 1. The third-order valence-electron chi connectivity index (χ3n) is 5.72. The van der Waals surface area contributed by atoms with E-state index in [0.717, 1.165) is 37.7 Å². The molecule has 0 spiro atoms. The standard InChI is InChI=1S/C22H24Cl2N6O2/c23-13-9-16(24)19(18(10-13)32-8-3-1-2-7-25)20-15-11-30(12-17(15)28-21(26)29-20)22(31)27-14-5-4-6-14/h9-10,14H,1-6,8,11-12H2,(H,27,31)(H2,26,28,29). The molecule has 2 amide bonds. The highest BCUT2D eigenvalue weighted by molar-refractivity contribution is 6.37. The molecule has 1 aromatic carbocycles. The number of nitriles is 1. The minimum atomic E-state index is -0.117. The Morgan fingerprint density at radius 2 is 2.09 bits per heavy atom. The number of ether oxygens (including phenoxy) is 1. The van der Waals surface area contributed by atoms with Gasteiger partial charge in [0.1, 0.15) is 5.75 Å². The largest absolute Gasteiger partial charge is 0.493 e. The summed E-state index contributed by atoms with van der Waals surface area (Å²) in [6, 6.07) is 5.56. The van der Waals surface area contributed by atoms with Gasteiger partial charge in [-0.25, -0.2) is 14.8 Å². The van der Waals surface area contributed by atoms with Crippen LogP contribution in [0.15, 0.2) is 12.1 Å². The summed E-state index contributed by atoms with van der Waals surface area (Å²) in [7, 11) is 0. The zero-order valence-electron chi connectivity index (χ0n) is 17.5. The molecule has 3 N–H and O–H groups in total. The summed E-state index contributed by atoms with van der Waals surface area (Å²) in [5.74, 6) is 0.586. The average Bonchev–Trinajstić information content (AvgIpc) is 3.14. The monoisotopic (exact) mass is 474 g/mol. The van der Waals surface area contributed by atoms with Crippen molar-refractivity contribution in [1.82, 2.24) is 20.2 Å². The van der Waals surface area contributed by atoms with Gasteiger partial charge in [0, 0.05) is 23.0 Å². The van der Waals surface area contributed by atoms with E-state index in [-0.39, 0.29) is 18.0 Å². The number of carbonyl (C=O) groups is 1. The maximum absolute atomic E-state index is 12.7. The summed E-state index contributed by atoms with van der Waals surface area (Å²) in [6.45, 7) is 1.11. The lowest BCUT2D eigenvalue weighted by molar-refractivity contribution is 0.186. The maximum atomic E-state index is 12.7. The Hall–Kier alpha value is -2.76. The highest BCUT2D eigenvalue weighted by Crippen LogP contribution is 2.42. The van der Waals surface area contributed by atoms with Gasteiger partial charge in [-0.3, -0.25) is 0 Å². The van der Waals surface area contributed by atoms with E-state index in [1.807, 2.05) is 0 Å². The molecule has 0 saturated heterocycles. The molecule has 2 heterocycles.